The highest BCUT2D eigenvalue weighted by Gasteiger charge is 2.35. The lowest BCUT2D eigenvalue weighted by molar-refractivity contribution is 0.172. The maximum atomic E-state index is 11.0. The summed E-state index contributed by atoms with van der Waals surface area (Å²) in [5, 5.41) is 11.9. The van der Waals surface area contributed by atoms with Crippen molar-refractivity contribution in [3.8, 4) is 0 Å². The Labute approximate surface area is 148 Å². The molecule has 0 unspecified atom stereocenters. The van der Waals surface area contributed by atoms with Crippen molar-refractivity contribution >= 4 is 32.5 Å². The predicted octanol–water partition coefficient (Wildman–Crippen LogP) is -1.83. The second-order valence-electron chi connectivity index (χ2n) is 5.88. The first-order valence-corrected chi connectivity index (χ1v) is 10.4. The maximum Gasteiger partial charge on any atom is 0.214 e. The molecule has 0 spiro atoms. The first-order valence-electron chi connectivity index (χ1n) is 7.14. The molecule has 0 aromatic carbocycles. The number of hydrogen-bond acceptors (Lipinski definition) is 6. The molecule has 0 radical (unpaired) electrons. The van der Waals surface area contributed by atoms with Crippen molar-refractivity contribution in [2.24, 2.45) is 17.3 Å². The van der Waals surface area contributed by atoms with E-state index in [0.29, 0.717) is 26.2 Å². The third-order valence-corrected chi connectivity index (χ3v) is 6.52. The van der Waals surface area contributed by atoms with Gasteiger partial charge < -0.3 is 9.88 Å². The van der Waals surface area contributed by atoms with Gasteiger partial charge in [0.05, 0.1) is 5.25 Å². The second kappa shape index (κ2) is 8.13. The van der Waals surface area contributed by atoms with Gasteiger partial charge in [-0.15, -0.1) is 12.4 Å². The number of nitrogens with zero attached hydrogens (tertiary/aromatic N) is 2. The van der Waals surface area contributed by atoms with Crippen molar-refractivity contribution < 1.29 is 16.8 Å². The maximum absolute atomic E-state index is 11.0. The van der Waals surface area contributed by atoms with Gasteiger partial charge in [0, 0.05) is 51.7 Å². The number of hydrogen-bond donors (Lipinski definition) is 3. The zero-order chi connectivity index (χ0) is 17.3. The van der Waals surface area contributed by atoms with E-state index in [4.69, 9.17) is 10.3 Å². The van der Waals surface area contributed by atoms with Crippen molar-refractivity contribution in [1.29, 1.82) is 0 Å². The summed E-state index contributed by atoms with van der Waals surface area (Å²) in [5.41, 5.74) is 1.18. The highest BCUT2D eigenvalue weighted by Crippen LogP contribution is 2.17. The van der Waals surface area contributed by atoms with E-state index in [1.165, 1.54) is 5.69 Å². The van der Waals surface area contributed by atoms with Gasteiger partial charge in [0.25, 0.3) is 0 Å². The normalized spacial score (nSPS) is 19.5. The van der Waals surface area contributed by atoms with Gasteiger partial charge in [0.1, 0.15) is 5.25 Å². The fourth-order valence-electron chi connectivity index (χ4n) is 2.24. The van der Waals surface area contributed by atoms with Gasteiger partial charge in [0.2, 0.25) is 20.0 Å². The van der Waals surface area contributed by atoms with E-state index < -0.39 is 20.0 Å². The van der Waals surface area contributed by atoms with Crippen molar-refractivity contribution in [2.75, 3.05) is 26.2 Å². The monoisotopic (exact) mass is 401 g/mol. The SMILES string of the molecule is Cl.Cn1cccc1CN1CC(S(N)(=O)=O)C1.NS(=O)(=O)C1CNC1. The quantitative estimate of drug-likeness (QED) is 0.541. The largest absolute Gasteiger partial charge is 0.353 e. The zero-order valence-electron chi connectivity index (χ0n) is 13.3. The van der Waals surface area contributed by atoms with Crippen LogP contribution in [0.3, 0.4) is 0 Å². The van der Waals surface area contributed by atoms with Crippen LogP contribution in [0, 0.1) is 0 Å². The van der Waals surface area contributed by atoms with Crippen molar-refractivity contribution in [2.45, 2.75) is 17.0 Å². The standard InChI is InChI=1S/C9H15N3O2S.C3H8N2O2S.ClH/c1-11-4-2-3-8(11)5-12-6-9(7-12)15(10,13)14;4-8(6,7)3-1-5-2-3;/h2-4,9H,5-7H2,1H3,(H2,10,13,14);3,5H,1-2H2,(H2,4,6,7);1H. The molecule has 9 nitrogen and oxygen atoms in total. The number of nitrogens with one attached hydrogen (secondary N) is 1. The van der Waals surface area contributed by atoms with Crippen LogP contribution in [-0.2, 0) is 33.6 Å². The van der Waals surface area contributed by atoms with Crippen LogP contribution in [0.15, 0.2) is 18.3 Å². The minimum Gasteiger partial charge on any atom is -0.353 e. The van der Waals surface area contributed by atoms with Gasteiger partial charge in [-0.1, -0.05) is 0 Å². The molecule has 2 aliphatic rings. The molecular formula is C12H24ClN5O4S2. The number of primary sulfonamides is 2. The van der Waals surface area contributed by atoms with Gasteiger partial charge in [-0.2, -0.15) is 0 Å². The number of likely N-dealkylation sites (tertiary alicyclic amines) is 1. The van der Waals surface area contributed by atoms with E-state index in [0.717, 1.165) is 6.54 Å². The van der Waals surface area contributed by atoms with Crippen LogP contribution in [0.4, 0.5) is 0 Å². The van der Waals surface area contributed by atoms with E-state index in [1.54, 1.807) is 0 Å². The molecule has 2 aliphatic heterocycles. The van der Waals surface area contributed by atoms with E-state index in [9.17, 15) is 16.8 Å². The third kappa shape index (κ3) is 5.69. The molecule has 5 N–H and O–H groups in total. The van der Waals surface area contributed by atoms with Gasteiger partial charge in [0.15, 0.2) is 0 Å². The summed E-state index contributed by atoms with van der Waals surface area (Å²) in [5.74, 6) is 0. The predicted molar refractivity (Wildman–Crippen MR) is 94.6 cm³/mol. The molecule has 0 aliphatic carbocycles. The number of aromatic nitrogens is 1. The molecule has 3 rings (SSSR count). The Hall–Kier alpha value is -0.690. The molecule has 2 fully saturated rings. The fraction of sp³-hybridized carbons (Fsp3) is 0.667. The minimum atomic E-state index is -3.34. The van der Waals surface area contributed by atoms with Crippen molar-refractivity contribution in [1.82, 2.24) is 14.8 Å². The van der Waals surface area contributed by atoms with E-state index in [2.05, 4.69) is 10.2 Å². The van der Waals surface area contributed by atoms with Crippen LogP contribution >= 0.6 is 12.4 Å². The van der Waals surface area contributed by atoms with Gasteiger partial charge in [-0.3, -0.25) is 4.90 Å². The average Bonchev–Trinajstić information content (AvgIpc) is 2.63. The molecule has 0 bridgehead atoms. The summed E-state index contributed by atoms with van der Waals surface area (Å²) >= 11 is 0. The summed E-state index contributed by atoms with van der Waals surface area (Å²) < 4.78 is 44.7. The van der Waals surface area contributed by atoms with Crippen LogP contribution in [0.5, 0.6) is 0 Å². The smallest absolute Gasteiger partial charge is 0.214 e. The first kappa shape index (κ1) is 21.4. The van der Waals surface area contributed by atoms with Crippen LogP contribution in [-0.4, -0.2) is 63.0 Å². The molecule has 0 atom stereocenters. The van der Waals surface area contributed by atoms with Crippen molar-refractivity contribution in [3.63, 3.8) is 0 Å². The minimum absolute atomic E-state index is 0. The Morgan fingerprint density at radius 3 is 1.96 bits per heavy atom. The summed E-state index contributed by atoms with van der Waals surface area (Å²) in [6, 6.07) is 4.01. The Morgan fingerprint density at radius 2 is 1.67 bits per heavy atom. The molecule has 2 saturated heterocycles. The van der Waals surface area contributed by atoms with E-state index >= 15 is 0 Å². The molecule has 0 saturated carbocycles. The highest BCUT2D eigenvalue weighted by atomic mass is 35.5. The lowest BCUT2D eigenvalue weighted by Gasteiger charge is -2.37. The Morgan fingerprint density at radius 1 is 1.12 bits per heavy atom. The lowest BCUT2D eigenvalue weighted by Crippen LogP contribution is -2.55. The number of sulfonamides is 2. The van der Waals surface area contributed by atoms with Gasteiger partial charge >= 0.3 is 0 Å². The topological polar surface area (TPSA) is 141 Å². The molecule has 12 heteroatoms. The average molecular weight is 402 g/mol. The summed E-state index contributed by atoms with van der Waals surface area (Å²) in [4.78, 5) is 2.07. The fourth-order valence-corrected chi connectivity index (χ4v) is 3.78. The van der Waals surface area contributed by atoms with Crippen molar-refractivity contribution in [3.05, 3.63) is 24.0 Å². The Kier molecular flexibility index (Phi) is 7.23. The molecule has 1 aromatic rings. The molecule has 24 heavy (non-hydrogen) atoms. The number of aryl methyl sites for hydroxylation is 1. The zero-order valence-corrected chi connectivity index (χ0v) is 15.8. The number of rotatable bonds is 4. The van der Waals surface area contributed by atoms with E-state index in [-0.39, 0.29) is 22.9 Å². The molecule has 140 valence electrons. The summed E-state index contributed by atoms with van der Waals surface area (Å²) in [6.07, 6.45) is 1.98. The van der Waals surface area contributed by atoms with Crippen LogP contribution < -0.4 is 15.6 Å². The highest BCUT2D eigenvalue weighted by molar-refractivity contribution is 7.90. The van der Waals surface area contributed by atoms with Crippen LogP contribution in [0.2, 0.25) is 0 Å². The van der Waals surface area contributed by atoms with Gasteiger partial charge in [-0.25, -0.2) is 27.1 Å². The van der Waals surface area contributed by atoms with Crippen LogP contribution in [0.1, 0.15) is 5.69 Å². The lowest BCUT2D eigenvalue weighted by atomic mass is 10.2. The molecule has 3 heterocycles. The number of nitrogens with two attached hydrogens (primary N) is 2. The Balaban J connectivity index is 0.000000273. The summed E-state index contributed by atoms with van der Waals surface area (Å²) in [7, 11) is -4.59. The Bertz CT molecular complexity index is 739. The summed E-state index contributed by atoms with van der Waals surface area (Å²) in [6.45, 7) is 2.90. The second-order valence-corrected chi connectivity index (χ2v) is 9.57. The third-order valence-electron chi connectivity index (χ3n) is 4.03. The van der Waals surface area contributed by atoms with Gasteiger partial charge in [-0.05, 0) is 12.1 Å². The van der Waals surface area contributed by atoms with E-state index in [1.807, 2.05) is 29.9 Å². The molecule has 0 amide bonds. The first-order chi connectivity index (χ1) is 10.6. The molecular weight excluding hydrogens is 378 g/mol. The van der Waals surface area contributed by atoms with Crippen LogP contribution in [0.25, 0.3) is 0 Å². The number of halogens is 1. The molecule has 1 aromatic heterocycles.